The van der Waals surface area contributed by atoms with Crippen LogP contribution in [-0.4, -0.2) is 38.8 Å². The molecule has 1 aliphatic rings. The Labute approximate surface area is 193 Å². The highest BCUT2D eigenvalue weighted by Crippen LogP contribution is 2.39. The number of rotatable bonds is 5. The van der Waals surface area contributed by atoms with Crippen LogP contribution in [-0.2, 0) is 10.7 Å². The van der Waals surface area contributed by atoms with Crippen LogP contribution in [0.4, 0.5) is 19.0 Å². The largest absolute Gasteiger partial charge is 0.394 e. The van der Waals surface area contributed by atoms with E-state index in [-0.39, 0.29) is 41.3 Å². The molecular weight excluding hydrogens is 445 g/mol. The molecule has 2 unspecified atom stereocenters. The van der Waals surface area contributed by atoms with Crippen LogP contribution in [0.2, 0.25) is 0 Å². The topological polar surface area (TPSA) is 85.7 Å². The van der Waals surface area contributed by atoms with Gasteiger partial charge in [0.2, 0.25) is 0 Å². The molecule has 2 atom stereocenters. The van der Waals surface area contributed by atoms with Crippen LogP contribution < -0.4 is 5.73 Å². The second kappa shape index (κ2) is 8.73. The lowest BCUT2D eigenvalue weighted by molar-refractivity contribution is -0.0282. The van der Waals surface area contributed by atoms with Gasteiger partial charge in [-0.1, -0.05) is 36.4 Å². The van der Waals surface area contributed by atoms with Crippen molar-refractivity contribution in [3.8, 4) is 11.3 Å². The maximum Gasteiger partial charge on any atom is 0.298 e. The number of nitrogens with zero attached hydrogens (tertiary/aromatic N) is 3. The van der Waals surface area contributed by atoms with Gasteiger partial charge in [0, 0.05) is 35.0 Å². The van der Waals surface area contributed by atoms with Gasteiger partial charge in [0.25, 0.3) is 5.92 Å². The van der Waals surface area contributed by atoms with Crippen molar-refractivity contribution in [3.63, 3.8) is 0 Å². The molecule has 5 rings (SSSR count). The Morgan fingerprint density at radius 1 is 1.12 bits per heavy atom. The van der Waals surface area contributed by atoms with Crippen molar-refractivity contribution >= 4 is 11.3 Å². The number of nitrogens with two attached hydrogens (primary N) is 1. The highest BCUT2D eigenvalue weighted by atomic mass is 19.3. The number of imidazole rings is 1. The molecule has 0 bridgehead atoms. The summed E-state index contributed by atoms with van der Waals surface area (Å²) in [5.41, 5.74) is 6.15. The van der Waals surface area contributed by atoms with Crippen LogP contribution in [0.25, 0.3) is 16.8 Å². The summed E-state index contributed by atoms with van der Waals surface area (Å²) in [6, 6.07) is 10.6. The van der Waals surface area contributed by atoms with E-state index in [1.54, 1.807) is 16.7 Å². The standard InChI is InChI=1S/C25H23F3N4O2/c26-20-12-17(25(27,28)16-4-2-1-3-5-16)7-9-19(20)21-22-23(29)30-10-11-32(22)24(31-21)15-6-8-18(13-33)34-14-15/h1-5,7,9-12,15,18,33H,6,8,13-14H2,(H2,29,30). The number of hydrogen-bond acceptors (Lipinski definition) is 5. The van der Waals surface area contributed by atoms with Gasteiger partial charge >= 0.3 is 0 Å². The number of aliphatic hydroxyl groups is 1. The first-order chi connectivity index (χ1) is 16.4. The van der Waals surface area contributed by atoms with Crippen LogP contribution in [0, 0.1) is 5.82 Å². The minimum absolute atomic E-state index is 0.0532. The van der Waals surface area contributed by atoms with Crippen molar-refractivity contribution in [2.45, 2.75) is 30.8 Å². The molecule has 0 aliphatic carbocycles. The number of ether oxygens (including phenoxy) is 1. The second-order valence-corrected chi connectivity index (χ2v) is 8.40. The zero-order valence-corrected chi connectivity index (χ0v) is 18.2. The molecule has 9 heteroatoms. The summed E-state index contributed by atoms with van der Waals surface area (Å²) in [5.74, 6) is -3.52. The van der Waals surface area contributed by atoms with E-state index in [0.717, 1.165) is 12.5 Å². The SMILES string of the molecule is Nc1nccn2c(C3CCC(CO)OC3)nc(-c3ccc(C(F)(F)c4ccccc4)cc3F)c12. The Bertz CT molecular complexity index is 1320. The number of aromatic nitrogens is 3. The van der Waals surface area contributed by atoms with Crippen LogP contribution in [0.1, 0.15) is 35.7 Å². The predicted molar refractivity (Wildman–Crippen MR) is 121 cm³/mol. The maximum atomic E-state index is 15.3. The first-order valence-electron chi connectivity index (χ1n) is 11.0. The van der Waals surface area contributed by atoms with Crippen molar-refractivity contribution in [1.82, 2.24) is 14.4 Å². The number of halogens is 3. The molecule has 34 heavy (non-hydrogen) atoms. The fourth-order valence-electron chi connectivity index (χ4n) is 4.43. The van der Waals surface area contributed by atoms with Gasteiger partial charge in [-0.05, 0) is 25.0 Å². The van der Waals surface area contributed by atoms with Crippen LogP contribution in [0.15, 0.2) is 60.9 Å². The Morgan fingerprint density at radius 3 is 2.59 bits per heavy atom. The molecule has 0 radical (unpaired) electrons. The summed E-state index contributed by atoms with van der Waals surface area (Å²) < 4.78 is 52.7. The molecular formula is C25H23F3N4O2. The lowest BCUT2D eigenvalue weighted by Crippen LogP contribution is -2.28. The number of fused-ring (bicyclic) bond motifs is 1. The van der Waals surface area contributed by atoms with Crippen molar-refractivity contribution in [2.75, 3.05) is 18.9 Å². The average Bonchev–Trinajstić information content (AvgIpc) is 3.25. The molecule has 3 heterocycles. The maximum absolute atomic E-state index is 15.3. The Balaban J connectivity index is 1.57. The lowest BCUT2D eigenvalue weighted by Gasteiger charge is -2.27. The van der Waals surface area contributed by atoms with Gasteiger partial charge in [-0.25, -0.2) is 14.4 Å². The predicted octanol–water partition coefficient (Wildman–Crippen LogP) is 4.51. The fraction of sp³-hybridized carbons (Fsp3) is 0.280. The summed E-state index contributed by atoms with van der Waals surface area (Å²) in [6.45, 7) is 0.291. The number of aliphatic hydroxyl groups excluding tert-OH is 1. The molecule has 0 spiro atoms. The van der Waals surface area contributed by atoms with Crippen LogP contribution in [0.5, 0.6) is 0 Å². The molecule has 1 fully saturated rings. The number of hydrogen-bond donors (Lipinski definition) is 2. The van der Waals surface area contributed by atoms with Gasteiger partial charge in [-0.3, -0.25) is 4.40 Å². The van der Waals surface area contributed by atoms with E-state index in [9.17, 15) is 13.9 Å². The van der Waals surface area contributed by atoms with Gasteiger partial charge in [0.05, 0.1) is 19.3 Å². The van der Waals surface area contributed by atoms with Crippen molar-refractivity contribution in [3.05, 3.63) is 83.7 Å². The van der Waals surface area contributed by atoms with E-state index in [2.05, 4.69) is 9.97 Å². The number of nitrogen functional groups attached to an aromatic ring is 1. The monoisotopic (exact) mass is 468 g/mol. The van der Waals surface area contributed by atoms with Crippen LogP contribution in [0.3, 0.4) is 0 Å². The highest BCUT2D eigenvalue weighted by Gasteiger charge is 2.35. The van der Waals surface area contributed by atoms with Gasteiger partial charge in [-0.2, -0.15) is 8.78 Å². The lowest BCUT2D eigenvalue weighted by atomic mass is 9.97. The van der Waals surface area contributed by atoms with Gasteiger partial charge in [0.1, 0.15) is 28.7 Å². The molecule has 176 valence electrons. The summed E-state index contributed by atoms with van der Waals surface area (Å²) in [4.78, 5) is 8.79. The summed E-state index contributed by atoms with van der Waals surface area (Å²) in [6.07, 6.45) is 4.37. The average molecular weight is 468 g/mol. The molecule has 2 aromatic heterocycles. The molecule has 1 saturated heterocycles. The molecule has 3 N–H and O–H groups in total. The summed E-state index contributed by atoms with van der Waals surface area (Å²) in [5, 5.41) is 9.33. The fourth-order valence-corrected chi connectivity index (χ4v) is 4.43. The first-order valence-corrected chi connectivity index (χ1v) is 11.0. The third-order valence-corrected chi connectivity index (χ3v) is 6.27. The summed E-state index contributed by atoms with van der Waals surface area (Å²) in [7, 11) is 0. The molecule has 4 aromatic rings. The zero-order valence-electron chi connectivity index (χ0n) is 18.2. The Kier molecular flexibility index (Phi) is 5.75. The van der Waals surface area contributed by atoms with Crippen molar-refractivity contribution in [1.29, 1.82) is 0 Å². The van der Waals surface area contributed by atoms with Gasteiger partial charge < -0.3 is 15.6 Å². The van der Waals surface area contributed by atoms with Crippen molar-refractivity contribution in [2.24, 2.45) is 0 Å². The van der Waals surface area contributed by atoms with Gasteiger partial charge in [0.15, 0.2) is 0 Å². The molecule has 2 aromatic carbocycles. The van der Waals surface area contributed by atoms with E-state index in [1.165, 1.54) is 42.6 Å². The molecule has 0 saturated carbocycles. The van der Waals surface area contributed by atoms with Crippen LogP contribution >= 0.6 is 0 Å². The highest BCUT2D eigenvalue weighted by molar-refractivity contribution is 5.85. The quantitative estimate of drug-likeness (QED) is 0.450. The van der Waals surface area contributed by atoms with E-state index < -0.39 is 17.3 Å². The molecule has 0 amide bonds. The third kappa shape index (κ3) is 3.80. The summed E-state index contributed by atoms with van der Waals surface area (Å²) >= 11 is 0. The third-order valence-electron chi connectivity index (χ3n) is 6.27. The van der Waals surface area contributed by atoms with E-state index in [0.29, 0.717) is 24.4 Å². The Morgan fingerprint density at radius 2 is 1.91 bits per heavy atom. The molecule has 6 nitrogen and oxygen atoms in total. The smallest absolute Gasteiger partial charge is 0.298 e. The first kappa shape index (κ1) is 22.4. The zero-order chi connectivity index (χ0) is 23.9. The minimum Gasteiger partial charge on any atom is -0.394 e. The van der Waals surface area contributed by atoms with E-state index in [4.69, 9.17) is 10.5 Å². The van der Waals surface area contributed by atoms with E-state index in [1.807, 2.05) is 0 Å². The van der Waals surface area contributed by atoms with E-state index >= 15 is 4.39 Å². The minimum atomic E-state index is -3.36. The normalized spacial score (nSPS) is 18.9. The number of benzene rings is 2. The second-order valence-electron chi connectivity index (χ2n) is 8.40. The van der Waals surface area contributed by atoms with Gasteiger partial charge in [-0.15, -0.1) is 0 Å². The molecule has 1 aliphatic heterocycles. The van der Waals surface area contributed by atoms with Crippen molar-refractivity contribution < 1.29 is 23.0 Å². The number of alkyl halides is 2. The number of anilines is 1. The Hall–Kier alpha value is -3.43.